The van der Waals surface area contributed by atoms with Gasteiger partial charge in [-0.2, -0.15) is 10.2 Å². The Balaban J connectivity index is 2.03. The third-order valence-electron chi connectivity index (χ3n) is 6.19. The van der Waals surface area contributed by atoms with E-state index in [2.05, 4.69) is 57.0 Å². The van der Waals surface area contributed by atoms with E-state index < -0.39 is 0 Å². The molecule has 28 heavy (non-hydrogen) atoms. The Labute approximate surface area is 169 Å². The molecule has 0 fully saturated rings. The van der Waals surface area contributed by atoms with Gasteiger partial charge in [-0.15, -0.1) is 0 Å². The Bertz CT molecular complexity index is 936. The number of phenols is 1. The van der Waals surface area contributed by atoms with Crippen molar-refractivity contribution in [2.45, 2.75) is 71.6 Å². The van der Waals surface area contributed by atoms with Crippen LogP contribution in [0.2, 0.25) is 0 Å². The van der Waals surface area contributed by atoms with Gasteiger partial charge in [0, 0.05) is 11.1 Å². The molecule has 0 aliphatic heterocycles. The van der Waals surface area contributed by atoms with Crippen LogP contribution in [0.4, 0.5) is 0 Å². The Kier molecular flexibility index (Phi) is 5.47. The fourth-order valence-corrected chi connectivity index (χ4v) is 4.12. The minimum atomic E-state index is 0.172. The lowest BCUT2D eigenvalue weighted by molar-refractivity contribution is 0.331. The maximum atomic E-state index is 9.87. The van der Waals surface area contributed by atoms with E-state index in [-0.39, 0.29) is 16.6 Å². The highest BCUT2D eigenvalue weighted by Gasteiger charge is 2.37. The minimum absolute atomic E-state index is 0.172. The summed E-state index contributed by atoms with van der Waals surface area (Å²) in [6.45, 7) is 13.6. The van der Waals surface area contributed by atoms with E-state index in [1.54, 1.807) is 18.3 Å². The number of aromatic hydroxyl groups is 1. The maximum Gasteiger partial charge on any atom is 0.124 e. The van der Waals surface area contributed by atoms with Crippen LogP contribution in [0.3, 0.4) is 0 Å². The van der Waals surface area contributed by atoms with Crippen LogP contribution in [0.15, 0.2) is 46.6 Å². The van der Waals surface area contributed by atoms with Gasteiger partial charge in [-0.3, -0.25) is 0 Å². The van der Waals surface area contributed by atoms with Crippen molar-refractivity contribution in [2.75, 3.05) is 0 Å². The number of phenolic OH excluding ortho intramolecular Hbond substituents is 1. The SMILES string of the molecule is CCc1cc2c(cc1/C(C)=N\N=C/c1ccccc1O)C(C)(C)CCC2(C)C. The molecule has 0 spiro atoms. The standard InChI is InChI=1S/C25H32N2O/c1-7-18-14-21-22(25(5,6)13-12-24(21,3)4)15-20(18)17(2)27-26-16-19-10-8-9-11-23(19)28/h8-11,14-16,28H,7,12-13H2,1-6H3/b26-16-,27-17-. The van der Waals surface area contributed by atoms with E-state index in [9.17, 15) is 5.11 Å². The molecule has 3 rings (SSSR count). The van der Waals surface area contributed by atoms with Gasteiger partial charge in [-0.1, -0.05) is 52.8 Å². The Morgan fingerprint density at radius 2 is 1.64 bits per heavy atom. The zero-order chi connectivity index (χ0) is 20.5. The van der Waals surface area contributed by atoms with Crippen molar-refractivity contribution in [1.29, 1.82) is 0 Å². The lowest BCUT2D eigenvalue weighted by Crippen LogP contribution is -2.34. The first-order valence-electron chi connectivity index (χ1n) is 10.2. The van der Waals surface area contributed by atoms with Gasteiger partial charge in [0.15, 0.2) is 0 Å². The van der Waals surface area contributed by atoms with Crippen molar-refractivity contribution in [1.82, 2.24) is 0 Å². The van der Waals surface area contributed by atoms with Crippen molar-refractivity contribution in [2.24, 2.45) is 10.2 Å². The largest absolute Gasteiger partial charge is 0.507 e. The molecule has 0 saturated heterocycles. The van der Waals surface area contributed by atoms with Crippen LogP contribution in [0.1, 0.15) is 82.2 Å². The van der Waals surface area contributed by atoms with Gasteiger partial charge >= 0.3 is 0 Å². The summed E-state index contributed by atoms with van der Waals surface area (Å²) in [7, 11) is 0. The summed E-state index contributed by atoms with van der Waals surface area (Å²) in [5.41, 5.74) is 7.38. The molecule has 3 nitrogen and oxygen atoms in total. The van der Waals surface area contributed by atoms with Crippen LogP contribution in [0.5, 0.6) is 5.75 Å². The number of para-hydroxylation sites is 1. The van der Waals surface area contributed by atoms with Gasteiger partial charge < -0.3 is 5.11 Å². The van der Waals surface area contributed by atoms with Crippen molar-refractivity contribution >= 4 is 11.9 Å². The van der Waals surface area contributed by atoms with E-state index in [4.69, 9.17) is 0 Å². The van der Waals surface area contributed by atoms with Crippen LogP contribution in [0.25, 0.3) is 0 Å². The summed E-state index contributed by atoms with van der Waals surface area (Å²) in [6, 6.07) is 11.9. The van der Waals surface area contributed by atoms with Gasteiger partial charge in [-0.25, -0.2) is 0 Å². The number of rotatable bonds is 4. The highest BCUT2D eigenvalue weighted by Crippen LogP contribution is 2.46. The predicted octanol–water partition coefficient (Wildman–Crippen LogP) is 6.15. The molecular formula is C25H32N2O. The molecule has 0 heterocycles. The zero-order valence-electron chi connectivity index (χ0n) is 18.0. The van der Waals surface area contributed by atoms with E-state index in [0.717, 1.165) is 12.1 Å². The predicted molar refractivity (Wildman–Crippen MR) is 119 cm³/mol. The van der Waals surface area contributed by atoms with E-state index in [1.165, 1.54) is 35.1 Å². The van der Waals surface area contributed by atoms with Gasteiger partial charge in [0.1, 0.15) is 5.75 Å². The molecule has 0 aromatic heterocycles. The first kappa shape index (κ1) is 20.3. The first-order chi connectivity index (χ1) is 13.2. The molecule has 148 valence electrons. The van der Waals surface area contributed by atoms with Crippen molar-refractivity contribution in [3.8, 4) is 5.75 Å². The average molecular weight is 377 g/mol. The molecule has 0 bridgehead atoms. The lowest BCUT2D eigenvalue weighted by atomic mass is 9.62. The van der Waals surface area contributed by atoms with E-state index >= 15 is 0 Å². The molecule has 0 radical (unpaired) electrons. The zero-order valence-corrected chi connectivity index (χ0v) is 18.0. The number of hydrogen-bond acceptors (Lipinski definition) is 3. The number of aryl methyl sites for hydroxylation is 1. The summed E-state index contributed by atoms with van der Waals surface area (Å²) in [5, 5.41) is 18.6. The van der Waals surface area contributed by atoms with Crippen LogP contribution >= 0.6 is 0 Å². The van der Waals surface area contributed by atoms with Gasteiger partial charge in [0.05, 0.1) is 11.9 Å². The fourth-order valence-electron chi connectivity index (χ4n) is 4.12. The maximum absolute atomic E-state index is 9.87. The molecule has 1 N–H and O–H groups in total. The molecule has 0 atom stereocenters. The molecular weight excluding hydrogens is 344 g/mol. The summed E-state index contributed by atoms with van der Waals surface area (Å²) in [5.74, 6) is 0.214. The average Bonchev–Trinajstić information content (AvgIpc) is 2.66. The second-order valence-electron chi connectivity index (χ2n) is 9.17. The van der Waals surface area contributed by atoms with Crippen molar-refractivity contribution < 1.29 is 5.11 Å². The topological polar surface area (TPSA) is 45.0 Å². The molecule has 1 aliphatic carbocycles. The van der Waals surface area contributed by atoms with Crippen LogP contribution in [-0.2, 0) is 17.3 Å². The minimum Gasteiger partial charge on any atom is -0.507 e. The van der Waals surface area contributed by atoms with E-state index in [0.29, 0.717) is 5.56 Å². The number of fused-ring (bicyclic) bond motifs is 1. The first-order valence-corrected chi connectivity index (χ1v) is 10.2. The molecule has 1 aliphatic rings. The summed E-state index contributed by atoms with van der Waals surface area (Å²) in [4.78, 5) is 0. The second kappa shape index (κ2) is 7.54. The smallest absolute Gasteiger partial charge is 0.124 e. The van der Waals surface area contributed by atoms with Crippen LogP contribution in [-0.4, -0.2) is 17.0 Å². The normalized spacial score (nSPS) is 18.3. The van der Waals surface area contributed by atoms with Gasteiger partial charge in [0.2, 0.25) is 0 Å². The van der Waals surface area contributed by atoms with Gasteiger partial charge in [-0.05, 0) is 71.9 Å². The van der Waals surface area contributed by atoms with Crippen molar-refractivity contribution in [3.05, 3.63) is 64.2 Å². The number of benzene rings is 2. The molecule has 0 amide bonds. The Morgan fingerprint density at radius 1 is 1.04 bits per heavy atom. The molecule has 2 aromatic carbocycles. The summed E-state index contributed by atoms with van der Waals surface area (Å²) < 4.78 is 0. The van der Waals surface area contributed by atoms with E-state index in [1.807, 2.05) is 19.1 Å². The number of hydrogen-bond donors (Lipinski definition) is 1. The van der Waals surface area contributed by atoms with Crippen LogP contribution < -0.4 is 0 Å². The molecule has 2 aromatic rings. The molecule has 0 unspecified atom stereocenters. The number of nitrogens with zero attached hydrogens (tertiary/aromatic N) is 2. The summed E-state index contributed by atoms with van der Waals surface area (Å²) in [6.07, 6.45) is 4.98. The van der Waals surface area contributed by atoms with Crippen molar-refractivity contribution in [3.63, 3.8) is 0 Å². The lowest BCUT2D eigenvalue weighted by Gasteiger charge is -2.42. The van der Waals surface area contributed by atoms with Gasteiger partial charge in [0.25, 0.3) is 0 Å². The summed E-state index contributed by atoms with van der Waals surface area (Å²) >= 11 is 0. The Hall–Kier alpha value is -2.42. The van der Waals surface area contributed by atoms with Crippen LogP contribution in [0, 0.1) is 0 Å². The highest BCUT2D eigenvalue weighted by molar-refractivity contribution is 6.00. The molecule has 3 heteroatoms. The highest BCUT2D eigenvalue weighted by atomic mass is 16.3. The quantitative estimate of drug-likeness (QED) is 0.505. The third-order valence-corrected chi connectivity index (χ3v) is 6.19. The Morgan fingerprint density at radius 3 is 2.25 bits per heavy atom. The molecule has 0 saturated carbocycles. The fraction of sp³-hybridized carbons (Fsp3) is 0.440. The monoisotopic (exact) mass is 376 g/mol. The second-order valence-corrected chi connectivity index (χ2v) is 9.17. The third kappa shape index (κ3) is 3.89.